The molecule has 0 radical (unpaired) electrons. The number of ether oxygens (including phenoxy) is 1. The summed E-state index contributed by atoms with van der Waals surface area (Å²) in [6, 6.07) is 5.64. The van der Waals surface area contributed by atoms with Gasteiger partial charge < -0.3 is 9.26 Å². The highest BCUT2D eigenvalue weighted by Gasteiger charge is 2.19. The summed E-state index contributed by atoms with van der Waals surface area (Å²) in [4.78, 5) is 16.2. The Hall–Kier alpha value is -2.26. The van der Waals surface area contributed by atoms with E-state index in [1.807, 2.05) is 13.8 Å². The highest BCUT2D eigenvalue weighted by molar-refractivity contribution is 7.89. The molecule has 0 saturated heterocycles. The molecular formula is C15H19N3O5S. The van der Waals surface area contributed by atoms with Gasteiger partial charge in [-0.1, -0.05) is 25.1 Å². The fourth-order valence-corrected chi connectivity index (χ4v) is 2.71. The highest BCUT2D eigenvalue weighted by Crippen LogP contribution is 2.16. The van der Waals surface area contributed by atoms with Crippen LogP contribution in [0.1, 0.15) is 41.8 Å². The van der Waals surface area contributed by atoms with Crippen LogP contribution in [0.4, 0.5) is 0 Å². The molecule has 9 heteroatoms. The quantitative estimate of drug-likeness (QED) is 0.730. The number of hydrogen-bond donors (Lipinski definition) is 0. The van der Waals surface area contributed by atoms with Crippen LogP contribution in [0.5, 0.6) is 0 Å². The van der Waals surface area contributed by atoms with Crippen molar-refractivity contribution in [1.29, 1.82) is 0 Å². The van der Waals surface area contributed by atoms with E-state index in [0.717, 1.165) is 4.31 Å². The Morgan fingerprint density at radius 2 is 2.04 bits per heavy atom. The standard InChI is InChI=1S/C15H19N3O5S/c1-10(2)14-16-13(23-17-14)9-22-15(19)11-6-5-7-12(8-11)24(20,21)18(3)4/h5-8,10H,9H2,1-4H3. The van der Waals surface area contributed by atoms with Gasteiger partial charge in [0.05, 0.1) is 10.5 Å². The van der Waals surface area contributed by atoms with Crippen molar-refractivity contribution in [2.45, 2.75) is 31.3 Å². The van der Waals surface area contributed by atoms with Gasteiger partial charge in [-0.2, -0.15) is 4.98 Å². The molecule has 0 aliphatic heterocycles. The molecule has 0 atom stereocenters. The van der Waals surface area contributed by atoms with Crippen LogP contribution in [0.25, 0.3) is 0 Å². The van der Waals surface area contributed by atoms with Crippen LogP contribution >= 0.6 is 0 Å². The lowest BCUT2D eigenvalue weighted by molar-refractivity contribution is 0.0429. The Morgan fingerprint density at radius 3 is 2.62 bits per heavy atom. The Kier molecular flexibility index (Phi) is 5.35. The topological polar surface area (TPSA) is 103 Å². The maximum atomic E-state index is 12.1. The molecule has 0 saturated carbocycles. The van der Waals surface area contributed by atoms with Gasteiger partial charge in [0.2, 0.25) is 10.0 Å². The average Bonchev–Trinajstić information content (AvgIpc) is 3.01. The molecule has 0 aliphatic carbocycles. The van der Waals surface area contributed by atoms with Gasteiger partial charge in [0.1, 0.15) is 0 Å². The molecule has 0 N–H and O–H groups in total. The van der Waals surface area contributed by atoms with Gasteiger partial charge in [-0.3, -0.25) is 0 Å². The lowest BCUT2D eigenvalue weighted by Gasteiger charge is -2.11. The van der Waals surface area contributed by atoms with E-state index >= 15 is 0 Å². The van der Waals surface area contributed by atoms with Gasteiger partial charge in [-0.25, -0.2) is 17.5 Å². The van der Waals surface area contributed by atoms with E-state index < -0.39 is 16.0 Å². The summed E-state index contributed by atoms with van der Waals surface area (Å²) in [5, 5.41) is 3.77. The maximum absolute atomic E-state index is 12.1. The van der Waals surface area contributed by atoms with Gasteiger partial charge >= 0.3 is 5.97 Å². The molecule has 0 fully saturated rings. The van der Waals surface area contributed by atoms with E-state index in [4.69, 9.17) is 9.26 Å². The smallest absolute Gasteiger partial charge is 0.338 e. The second-order valence-electron chi connectivity index (χ2n) is 5.59. The van der Waals surface area contributed by atoms with Crippen molar-refractivity contribution in [3.8, 4) is 0 Å². The average molecular weight is 353 g/mol. The molecule has 2 aromatic rings. The molecule has 0 amide bonds. The third-order valence-corrected chi connectivity index (χ3v) is 4.99. The summed E-state index contributed by atoms with van der Waals surface area (Å²) in [5.41, 5.74) is 0.126. The van der Waals surface area contributed by atoms with Crippen LogP contribution in [0.3, 0.4) is 0 Å². The lowest BCUT2D eigenvalue weighted by atomic mass is 10.2. The first kappa shape index (κ1) is 18.1. The van der Waals surface area contributed by atoms with Gasteiger partial charge in [0.15, 0.2) is 12.4 Å². The minimum absolute atomic E-state index is 0.0156. The summed E-state index contributed by atoms with van der Waals surface area (Å²) >= 11 is 0. The Labute approximate surface area is 140 Å². The molecule has 1 aromatic carbocycles. The monoisotopic (exact) mass is 353 g/mol. The fraction of sp³-hybridized carbons (Fsp3) is 0.400. The van der Waals surface area contributed by atoms with E-state index in [1.165, 1.54) is 38.4 Å². The largest absolute Gasteiger partial charge is 0.452 e. The maximum Gasteiger partial charge on any atom is 0.338 e. The first-order valence-electron chi connectivity index (χ1n) is 7.24. The fourth-order valence-electron chi connectivity index (χ4n) is 1.77. The van der Waals surface area contributed by atoms with Gasteiger partial charge in [0, 0.05) is 20.0 Å². The molecular weight excluding hydrogens is 334 g/mol. The summed E-state index contributed by atoms with van der Waals surface area (Å²) in [6.07, 6.45) is 0. The van der Waals surface area contributed by atoms with Crippen LogP contribution in [0.15, 0.2) is 33.7 Å². The predicted molar refractivity (Wildman–Crippen MR) is 84.8 cm³/mol. The van der Waals surface area contributed by atoms with Gasteiger partial charge in [-0.15, -0.1) is 0 Å². The summed E-state index contributed by atoms with van der Waals surface area (Å²) in [5.74, 6) is 0.144. The van der Waals surface area contributed by atoms with Gasteiger partial charge in [0.25, 0.3) is 5.89 Å². The molecule has 0 spiro atoms. The van der Waals surface area contributed by atoms with Crippen molar-refractivity contribution in [3.05, 3.63) is 41.5 Å². The SMILES string of the molecule is CC(C)c1noc(COC(=O)c2cccc(S(=O)(=O)N(C)C)c2)n1. The summed E-state index contributed by atoms with van der Waals surface area (Å²) in [6.45, 7) is 3.65. The molecule has 24 heavy (non-hydrogen) atoms. The van der Waals surface area contributed by atoms with Crippen molar-refractivity contribution >= 4 is 16.0 Å². The third-order valence-electron chi connectivity index (χ3n) is 3.18. The van der Waals surface area contributed by atoms with Crippen molar-refractivity contribution in [2.24, 2.45) is 0 Å². The molecule has 1 aromatic heterocycles. The van der Waals surface area contributed by atoms with Crippen LogP contribution in [0.2, 0.25) is 0 Å². The normalized spacial score (nSPS) is 11.9. The number of carbonyl (C=O) groups excluding carboxylic acids is 1. The number of rotatable bonds is 6. The molecule has 0 bridgehead atoms. The zero-order valence-corrected chi connectivity index (χ0v) is 14.7. The number of hydrogen-bond acceptors (Lipinski definition) is 7. The van der Waals surface area contributed by atoms with E-state index in [2.05, 4.69) is 10.1 Å². The highest BCUT2D eigenvalue weighted by atomic mass is 32.2. The zero-order valence-electron chi connectivity index (χ0n) is 13.9. The third kappa shape index (κ3) is 3.98. The minimum atomic E-state index is -3.62. The van der Waals surface area contributed by atoms with Crippen LogP contribution < -0.4 is 0 Å². The van der Waals surface area contributed by atoms with Crippen molar-refractivity contribution in [1.82, 2.24) is 14.4 Å². The van der Waals surface area contributed by atoms with E-state index in [-0.39, 0.29) is 28.9 Å². The Morgan fingerprint density at radius 1 is 1.33 bits per heavy atom. The zero-order chi connectivity index (χ0) is 17.9. The van der Waals surface area contributed by atoms with Crippen molar-refractivity contribution in [2.75, 3.05) is 14.1 Å². The number of esters is 1. The van der Waals surface area contributed by atoms with Crippen LogP contribution in [-0.2, 0) is 21.4 Å². The van der Waals surface area contributed by atoms with Crippen molar-refractivity contribution < 1.29 is 22.5 Å². The van der Waals surface area contributed by atoms with Crippen LogP contribution in [-0.4, -0.2) is 42.9 Å². The number of carbonyl (C=O) groups is 1. The van der Waals surface area contributed by atoms with E-state index in [1.54, 1.807) is 0 Å². The van der Waals surface area contributed by atoms with Gasteiger partial charge in [-0.05, 0) is 18.2 Å². The Balaban J connectivity index is 2.10. The summed E-state index contributed by atoms with van der Waals surface area (Å²) < 4.78 is 35.3. The minimum Gasteiger partial charge on any atom is -0.452 e. The second-order valence-corrected chi connectivity index (χ2v) is 7.74. The molecule has 8 nitrogen and oxygen atoms in total. The number of benzene rings is 1. The van der Waals surface area contributed by atoms with E-state index in [0.29, 0.717) is 5.82 Å². The summed E-state index contributed by atoms with van der Waals surface area (Å²) in [7, 11) is -0.784. The molecule has 0 aliphatic rings. The predicted octanol–water partition coefficient (Wildman–Crippen LogP) is 1.80. The molecule has 1 heterocycles. The molecule has 0 unspecified atom stereocenters. The second kappa shape index (κ2) is 7.10. The Bertz CT molecular complexity index is 827. The number of sulfonamides is 1. The lowest BCUT2D eigenvalue weighted by Crippen LogP contribution is -2.22. The molecule has 2 rings (SSSR count). The number of nitrogens with zero attached hydrogens (tertiary/aromatic N) is 3. The van der Waals surface area contributed by atoms with E-state index in [9.17, 15) is 13.2 Å². The molecule has 130 valence electrons. The first-order valence-corrected chi connectivity index (χ1v) is 8.68. The number of aromatic nitrogens is 2. The van der Waals surface area contributed by atoms with Crippen molar-refractivity contribution in [3.63, 3.8) is 0 Å². The first-order chi connectivity index (χ1) is 11.2. The van der Waals surface area contributed by atoms with Crippen LogP contribution in [0, 0.1) is 0 Å².